The van der Waals surface area contributed by atoms with Crippen LogP contribution >= 0.6 is 0 Å². The van der Waals surface area contributed by atoms with E-state index in [-0.39, 0.29) is 0 Å². The van der Waals surface area contributed by atoms with E-state index in [1.54, 1.807) is 0 Å². The lowest BCUT2D eigenvalue weighted by molar-refractivity contribution is 0.0418. The predicted molar refractivity (Wildman–Crippen MR) is 89.7 cm³/mol. The molecule has 2 aliphatic carbocycles. The van der Waals surface area contributed by atoms with Gasteiger partial charge in [0.05, 0.1) is 0 Å². The van der Waals surface area contributed by atoms with Crippen LogP contribution in [0.2, 0.25) is 0 Å². The average molecular weight is 279 g/mol. The van der Waals surface area contributed by atoms with Gasteiger partial charge in [0, 0.05) is 0 Å². The van der Waals surface area contributed by atoms with Crippen LogP contribution < -0.4 is 0 Å². The molecule has 0 spiro atoms. The molecule has 0 N–H and O–H groups in total. The molecule has 2 saturated carbocycles. The summed E-state index contributed by atoms with van der Waals surface area (Å²) in [6.07, 6.45) is 10.3. The van der Waals surface area contributed by atoms with Crippen molar-refractivity contribution in [1.82, 2.24) is 0 Å². The fraction of sp³-hybridized carbons (Fsp3) is 1.00. The molecule has 6 atom stereocenters. The molecule has 20 heavy (non-hydrogen) atoms. The summed E-state index contributed by atoms with van der Waals surface area (Å²) < 4.78 is 0. The highest BCUT2D eigenvalue weighted by Gasteiger charge is 2.44. The van der Waals surface area contributed by atoms with Crippen LogP contribution in [-0.2, 0) is 0 Å². The third-order valence-corrected chi connectivity index (χ3v) is 7.04. The summed E-state index contributed by atoms with van der Waals surface area (Å²) in [7, 11) is 0. The molecular formula is C20H38. The number of hydrogen-bond donors (Lipinski definition) is 0. The van der Waals surface area contributed by atoms with Gasteiger partial charge in [-0.3, -0.25) is 0 Å². The monoisotopic (exact) mass is 278 g/mol. The van der Waals surface area contributed by atoms with Crippen LogP contribution in [0.5, 0.6) is 0 Å². The molecule has 2 rings (SSSR count). The first-order chi connectivity index (χ1) is 9.37. The second-order valence-electron chi connectivity index (χ2n) is 9.00. The van der Waals surface area contributed by atoms with Crippen molar-refractivity contribution in [2.24, 2.45) is 40.9 Å². The lowest BCUT2D eigenvalue weighted by atomic mass is 9.60. The first-order valence-corrected chi connectivity index (χ1v) is 9.37. The minimum atomic E-state index is 0.576. The van der Waals surface area contributed by atoms with Gasteiger partial charge in [0.25, 0.3) is 0 Å². The molecule has 2 aliphatic rings. The van der Waals surface area contributed by atoms with Crippen molar-refractivity contribution < 1.29 is 0 Å². The molecule has 5 unspecified atom stereocenters. The second-order valence-corrected chi connectivity index (χ2v) is 9.00. The maximum atomic E-state index is 2.59. The van der Waals surface area contributed by atoms with Crippen molar-refractivity contribution in [3.63, 3.8) is 0 Å². The first-order valence-electron chi connectivity index (χ1n) is 9.37. The molecule has 0 bridgehead atoms. The Kier molecular flexibility index (Phi) is 5.24. The van der Waals surface area contributed by atoms with Gasteiger partial charge in [-0.05, 0) is 66.6 Å². The maximum Gasteiger partial charge on any atom is -0.0298 e. The SMILES string of the molecule is CCCC1CC(C)(C(C)C)CC(C)CC2CC[C@@H](C)C21. The van der Waals surface area contributed by atoms with Gasteiger partial charge < -0.3 is 0 Å². The van der Waals surface area contributed by atoms with Crippen molar-refractivity contribution in [3.05, 3.63) is 0 Å². The molecule has 2 fully saturated rings. The van der Waals surface area contributed by atoms with Crippen LogP contribution in [0.15, 0.2) is 0 Å². The third kappa shape index (κ3) is 3.25. The molecule has 0 nitrogen and oxygen atoms in total. The van der Waals surface area contributed by atoms with Crippen molar-refractivity contribution >= 4 is 0 Å². The summed E-state index contributed by atoms with van der Waals surface area (Å²) in [6.45, 7) is 15.0. The fourth-order valence-electron chi connectivity index (χ4n) is 5.80. The molecule has 0 radical (unpaired) electrons. The second kappa shape index (κ2) is 6.41. The van der Waals surface area contributed by atoms with Gasteiger partial charge >= 0.3 is 0 Å². The zero-order valence-electron chi connectivity index (χ0n) is 14.9. The van der Waals surface area contributed by atoms with Crippen LogP contribution in [0.25, 0.3) is 0 Å². The fourth-order valence-corrected chi connectivity index (χ4v) is 5.80. The largest absolute Gasteiger partial charge is 0.0654 e. The van der Waals surface area contributed by atoms with E-state index in [0.717, 1.165) is 35.5 Å². The average Bonchev–Trinajstić information content (AvgIpc) is 2.67. The quantitative estimate of drug-likeness (QED) is 0.549. The van der Waals surface area contributed by atoms with Crippen molar-refractivity contribution in [1.29, 1.82) is 0 Å². The Morgan fingerprint density at radius 1 is 1.10 bits per heavy atom. The van der Waals surface area contributed by atoms with Gasteiger partial charge in [-0.15, -0.1) is 0 Å². The number of hydrogen-bond acceptors (Lipinski definition) is 0. The zero-order valence-corrected chi connectivity index (χ0v) is 14.9. The molecule has 0 aliphatic heterocycles. The Balaban J connectivity index is 2.25. The molecular weight excluding hydrogens is 240 g/mol. The predicted octanol–water partition coefficient (Wildman–Crippen LogP) is 6.55. The number of rotatable bonds is 3. The van der Waals surface area contributed by atoms with Crippen LogP contribution in [0, 0.1) is 40.9 Å². The van der Waals surface area contributed by atoms with E-state index in [0.29, 0.717) is 5.41 Å². The third-order valence-electron chi connectivity index (χ3n) is 7.04. The normalized spacial score (nSPS) is 46.0. The summed E-state index contributed by atoms with van der Waals surface area (Å²) in [5.74, 6) is 5.84. The Bertz CT molecular complexity index is 305. The van der Waals surface area contributed by atoms with Crippen molar-refractivity contribution in [2.75, 3.05) is 0 Å². The molecule has 0 heterocycles. The summed E-state index contributed by atoms with van der Waals surface area (Å²) in [4.78, 5) is 0. The zero-order chi connectivity index (χ0) is 14.9. The Morgan fingerprint density at radius 2 is 1.80 bits per heavy atom. The first kappa shape index (κ1) is 16.4. The molecule has 0 heteroatoms. The van der Waals surface area contributed by atoms with Gasteiger partial charge in [0.15, 0.2) is 0 Å². The lowest BCUT2D eigenvalue weighted by Crippen LogP contribution is -2.37. The Hall–Kier alpha value is 0. The highest BCUT2D eigenvalue weighted by molar-refractivity contribution is 4.94. The van der Waals surface area contributed by atoms with Crippen LogP contribution in [0.1, 0.15) is 86.5 Å². The van der Waals surface area contributed by atoms with E-state index >= 15 is 0 Å². The molecule has 0 amide bonds. The van der Waals surface area contributed by atoms with Crippen LogP contribution in [0.3, 0.4) is 0 Å². The van der Waals surface area contributed by atoms with E-state index in [4.69, 9.17) is 0 Å². The maximum absolute atomic E-state index is 2.59. The summed E-state index contributed by atoms with van der Waals surface area (Å²) in [5.41, 5.74) is 0.576. The lowest BCUT2D eigenvalue weighted by Gasteiger charge is -2.46. The molecule has 118 valence electrons. The van der Waals surface area contributed by atoms with E-state index in [1.165, 1.54) is 44.9 Å². The van der Waals surface area contributed by atoms with Gasteiger partial charge in [-0.1, -0.05) is 60.8 Å². The molecule has 0 aromatic rings. The van der Waals surface area contributed by atoms with E-state index in [9.17, 15) is 0 Å². The summed E-state index contributed by atoms with van der Waals surface area (Å²) in [6, 6.07) is 0. The Morgan fingerprint density at radius 3 is 2.40 bits per heavy atom. The topological polar surface area (TPSA) is 0 Å². The summed E-state index contributed by atoms with van der Waals surface area (Å²) in [5, 5.41) is 0. The smallest absolute Gasteiger partial charge is 0.0298 e. The highest BCUT2D eigenvalue weighted by atomic mass is 14.5. The van der Waals surface area contributed by atoms with Gasteiger partial charge in [-0.25, -0.2) is 0 Å². The minimum Gasteiger partial charge on any atom is -0.0654 e. The van der Waals surface area contributed by atoms with Crippen LogP contribution in [0.4, 0.5) is 0 Å². The standard InChI is InChI=1S/C20H38/c1-7-8-18-13-20(6,14(2)3)12-15(4)11-17-10-9-16(5)19(17)18/h14-19H,7-13H2,1-6H3/t15?,16-,17?,18?,19?,20?/m1/s1. The number of fused-ring (bicyclic) bond motifs is 1. The minimum absolute atomic E-state index is 0.576. The Labute approximate surface area is 128 Å². The van der Waals surface area contributed by atoms with Gasteiger partial charge in [-0.2, -0.15) is 0 Å². The van der Waals surface area contributed by atoms with E-state index < -0.39 is 0 Å². The summed E-state index contributed by atoms with van der Waals surface area (Å²) >= 11 is 0. The van der Waals surface area contributed by atoms with Crippen LogP contribution in [-0.4, -0.2) is 0 Å². The van der Waals surface area contributed by atoms with Gasteiger partial charge in [0.2, 0.25) is 0 Å². The molecule has 0 saturated heterocycles. The highest BCUT2D eigenvalue weighted by Crippen LogP contribution is 2.54. The van der Waals surface area contributed by atoms with Crippen molar-refractivity contribution in [3.8, 4) is 0 Å². The van der Waals surface area contributed by atoms with E-state index in [1.807, 2.05) is 0 Å². The molecule has 0 aromatic heterocycles. The van der Waals surface area contributed by atoms with Gasteiger partial charge in [0.1, 0.15) is 0 Å². The van der Waals surface area contributed by atoms with Crippen molar-refractivity contribution in [2.45, 2.75) is 86.5 Å². The van der Waals surface area contributed by atoms with E-state index in [2.05, 4.69) is 41.5 Å². The molecule has 0 aromatic carbocycles.